The van der Waals surface area contributed by atoms with E-state index in [1.807, 2.05) is 31.2 Å². The van der Waals surface area contributed by atoms with Crippen molar-refractivity contribution in [3.8, 4) is 0 Å². The molecule has 3 heteroatoms. The maximum atomic E-state index is 11.8. The van der Waals surface area contributed by atoms with Gasteiger partial charge in [0.05, 0.1) is 26.1 Å². The lowest BCUT2D eigenvalue weighted by Gasteiger charge is -2.23. The van der Waals surface area contributed by atoms with Crippen LogP contribution in [-0.4, -0.2) is 25.5 Å². The fourth-order valence-corrected chi connectivity index (χ4v) is 2.45. The lowest BCUT2D eigenvalue weighted by atomic mass is 10.1. The van der Waals surface area contributed by atoms with Crippen molar-refractivity contribution in [2.75, 3.05) is 25.0 Å². The molecule has 0 saturated carbocycles. The standard InChI is InChI=1S/C15H22N2O/c1-13-5-7-14(8-6-13)16-15(18)9-12-17-10-3-2-4-11-17/h5-8H,2-4,9-12H2,1H3,(H,16,18)/p+1. The molecule has 1 aromatic carbocycles. The molecule has 1 saturated heterocycles. The summed E-state index contributed by atoms with van der Waals surface area (Å²) < 4.78 is 0. The van der Waals surface area contributed by atoms with Gasteiger partial charge in [0.2, 0.25) is 5.91 Å². The highest BCUT2D eigenvalue weighted by atomic mass is 16.1. The smallest absolute Gasteiger partial charge is 0.230 e. The van der Waals surface area contributed by atoms with Gasteiger partial charge in [0.15, 0.2) is 0 Å². The monoisotopic (exact) mass is 247 g/mol. The fourth-order valence-electron chi connectivity index (χ4n) is 2.45. The van der Waals surface area contributed by atoms with E-state index in [1.54, 1.807) is 4.90 Å². The van der Waals surface area contributed by atoms with Gasteiger partial charge in [-0.15, -0.1) is 0 Å². The van der Waals surface area contributed by atoms with E-state index in [2.05, 4.69) is 5.32 Å². The highest BCUT2D eigenvalue weighted by Gasteiger charge is 2.14. The van der Waals surface area contributed by atoms with Crippen molar-refractivity contribution in [2.45, 2.75) is 32.6 Å². The minimum absolute atomic E-state index is 0.136. The first-order valence-corrected chi connectivity index (χ1v) is 6.94. The van der Waals surface area contributed by atoms with Gasteiger partial charge in [-0.25, -0.2) is 0 Å². The molecular weight excluding hydrogens is 224 g/mol. The van der Waals surface area contributed by atoms with E-state index in [0.29, 0.717) is 6.42 Å². The van der Waals surface area contributed by atoms with Crippen LogP contribution in [0.25, 0.3) is 0 Å². The second-order valence-electron chi connectivity index (χ2n) is 5.22. The molecule has 98 valence electrons. The van der Waals surface area contributed by atoms with E-state index in [1.165, 1.54) is 37.9 Å². The molecule has 0 bridgehead atoms. The van der Waals surface area contributed by atoms with Crippen molar-refractivity contribution in [2.24, 2.45) is 0 Å². The number of carbonyl (C=O) groups excluding carboxylic acids is 1. The molecule has 0 spiro atoms. The molecule has 18 heavy (non-hydrogen) atoms. The minimum atomic E-state index is 0.136. The minimum Gasteiger partial charge on any atom is -0.335 e. The number of hydrogen-bond donors (Lipinski definition) is 2. The molecule has 0 atom stereocenters. The van der Waals surface area contributed by atoms with Crippen LogP contribution in [-0.2, 0) is 4.79 Å². The summed E-state index contributed by atoms with van der Waals surface area (Å²) in [5.41, 5.74) is 2.12. The zero-order valence-corrected chi connectivity index (χ0v) is 11.2. The Kier molecular flexibility index (Phi) is 4.76. The van der Waals surface area contributed by atoms with Crippen LogP contribution in [0.3, 0.4) is 0 Å². The van der Waals surface area contributed by atoms with Crippen LogP contribution in [0.15, 0.2) is 24.3 Å². The molecule has 1 fully saturated rings. The normalized spacial score (nSPS) is 16.5. The summed E-state index contributed by atoms with van der Waals surface area (Å²) in [5, 5.41) is 2.96. The highest BCUT2D eigenvalue weighted by Crippen LogP contribution is 2.08. The van der Waals surface area contributed by atoms with E-state index >= 15 is 0 Å². The van der Waals surface area contributed by atoms with Gasteiger partial charge in [0.25, 0.3) is 0 Å². The number of likely N-dealkylation sites (tertiary alicyclic amines) is 1. The number of hydrogen-bond acceptors (Lipinski definition) is 1. The van der Waals surface area contributed by atoms with Gasteiger partial charge < -0.3 is 10.2 Å². The number of piperidine rings is 1. The van der Waals surface area contributed by atoms with E-state index in [-0.39, 0.29) is 5.91 Å². The zero-order valence-electron chi connectivity index (χ0n) is 11.2. The average Bonchev–Trinajstić information content (AvgIpc) is 2.40. The van der Waals surface area contributed by atoms with Gasteiger partial charge in [-0.2, -0.15) is 0 Å². The Morgan fingerprint density at radius 3 is 2.50 bits per heavy atom. The highest BCUT2D eigenvalue weighted by molar-refractivity contribution is 5.90. The summed E-state index contributed by atoms with van der Waals surface area (Å²) in [6.07, 6.45) is 4.62. The van der Waals surface area contributed by atoms with Crippen LogP contribution in [0.4, 0.5) is 5.69 Å². The summed E-state index contributed by atoms with van der Waals surface area (Å²) in [6, 6.07) is 7.96. The Hall–Kier alpha value is -1.35. The Morgan fingerprint density at radius 1 is 1.17 bits per heavy atom. The number of nitrogens with one attached hydrogen (secondary N) is 2. The third-order valence-corrected chi connectivity index (χ3v) is 3.60. The number of amides is 1. The fraction of sp³-hybridized carbons (Fsp3) is 0.533. The van der Waals surface area contributed by atoms with Crippen molar-refractivity contribution < 1.29 is 9.69 Å². The molecule has 1 aliphatic heterocycles. The summed E-state index contributed by atoms with van der Waals surface area (Å²) >= 11 is 0. The van der Waals surface area contributed by atoms with Gasteiger partial charge in [-0.1, -0.05) is 17.7 Å². The van der Waals surface area contributed by atoms with Crippen molar-refractivity contribution >= 4 is 11.6 Å². The van der Waals surface area contributed by atoms with Crippen LogP contribution in [0.5, 0.6) is 0 Å². The summed E-state index contributed by atoms with van der Waals surface area (Å²) in [7, 11) is 0. The predicted octanol–water partition coefficient (Wildman–Crippen LogP) is 1.39. The molecule has 1 aromatic rings. The molecule has 2 N–H and O–H groups in total. The lowest BCUT2D eigenvalue weighted by Crippen LogP contribution is -3.12. The Balaban J connectivity index is 1.73. The van der Waals surface area contributed by atoms with Gasteiger partial charge in [-0.3, -0.25) is 4.79 Å². The zero-order chi connectivity index (χ0) is 12.8. The topological polar surface area (TPSA) is 33.5 Å². The maximum Gasteiger partial charge on any atom is 0.230 e. The molecule has 3 nitrogen and oxygen atoms in total. The molecule has 0 radical (unpaired) electrons. The van der Waals surface area contributed by atoms with E-state index in [9.17, 15) is 4.79 Å². The second-order valence-corrected chi connectivity index (χ2v) is 5.22. The molecule has 0 aliphatic carbocycles. The molecule has 1 heterocycles. The number of rotatable bonds is 4. The maximum absolute atomic E-state index is 11.8. The van der Waals surface area contributed by atoms with Gasteiger partial charge in [-0.05, 0) is 38.3 Å². The number of quaternary nitrogens is 1. The molecule has 0 aromatic heterocycles. The van der Waals surface area contributed by atoms with Gasteiger partial charge in [0, 0.05) is 5.69 Å². The Morgan fingerprint density at radius 2 is 1.83 bits per heavy atom. The number of aryl methyl sites for hydroxylation is 1. The second kappa shape index (κ2) is 6.55. The Labute approximate surface area is 109 Å². The molecule has 2 rings (SSSR count). The lowest BCUT2D eigenvalue weighted by molar-refractivity contribution is -0.904. The van der Waals surface area contributed by atoms with Crippen molar-refractivity contribution in [3.05, 3.63) is 29.8 Å². The molecule has 1 aliphatic rings. The predicted molar refractivity (Wildman–Crippen MR) is 73.8 cm³/mol. The number of carbonyl (C=O) groups is 1. The SMILES string of the molecule is Cc1ccc(NC(=O)CC[NH+]2CCCCC2)cc1. The molecule has 1 amide bonds. The average molecular weight is 247 g/mol. The number of anilines is 1. The molecular formula is C15H23N2O+. The first kappa shape index (κ1) is 13.1. The van der Waals surface area contributed by atoms with Crippen molar-refractivity contribution in [3.63, 3.8) is 0 Å². The third kappa shape index (κ3) is 4.15. The first-order chi connectivity index (χ1) is 8.74. The first-order valence-electron chi connectivity index (χ1n) is 6.94. The Bertz CT molecular complexity index is 380. The summed E-state index contributed by atoms with van der Waals surface area (Å²) in [5.74, 6) is 0.136. The van der Waals surface area contributed by atoms with E-state index in [0.717, 1.165) is 12.2 Å². The van der Waals surface area contributed by atoms with Crippen molar-refractivity contribution in [1.29, 1.82) is 0 Å². The van der Waals surface area contributed by atoms with Gasteiger partial charge in [0.1, 0.15) is 0 Å². The van der Waals surface area contributed by atoms with Gasteiger partial charge >= 0.3 is 0 Å². The van der Waals surface area contributed by atoms with Crippen LogP contribution in [0.1, 0.15) is 31.2 Å². The summed E-state index contributed by atoms with van der Waals surface area (Å²) in [6.45, 7) is 5.48. The van der Waals surface area contributed by atoms with E-state index in [4.69, 9.17) is 0 Å². The largest absolute Gasteiger partial charge is 0.335 e. The van der Waals surface area contributed by atoms with Crippen LogP contribution >= 0.6 is 0 Å². The van der Waals surface area contributed by atoms with Crippen LogP contribution < -0.4 is 10.2 Å². The quantitative estimate of drug-likeness (QED) is 0.828. The van der Waals surface area contributed by atoms with Crippen LogP contribution in [0, 0.1) is 6.92 Å². The third-order valence-electron chi connectivity index (χ3n) is 3.60. The number of benzene rings is 1. The van der Waals surface area contributed by atoms with Crippen LogP contribution in [0.2, 0.25) is 0 Å². The van der Waals surface area contributed by atoms with Crippen molar-refractivity contribution in [1.82, 2.24) is 0 Å². The summed E-state index contributed by atoms with van der Waals surface area (Å²) in [4.78, 5) is 13.4. The molecule has 0 unspecified atom stereocenters. The van der Waals surface area contributed by atoms with E-state index < -0.39 is 0 Å².